The van der Waals surface area contributed by atoms with E-state index in [-0.39, 0.29) is 30.4 Å². The van der Waals surface area contributed by atoms with Gasteiger partial charge in [-0.05, 0) is 53.8 Å². The molecule has 3 aromatic carbocycles. The Kier molecular flexibility index (Phi) is 8.05. The summed E-state index contributed by atoms with van der Waals surface area (Å²) in [5.74, 6) is -0.200. The molecule has 2 fully saturated rings. The van der Waals surface area contributed by atoms with Gasteiger partial charge in [-0.3, -0.25) is 24.6 Å². The maximum Gasteiger partial charge on any atom is 0.255 e. The van der Waals surface area contributed by atoms with Gasteiger partial charge in [0, 0.05) is 55.8 Å². The number of piperidine rings is 2. The van der Waals surface area contributed by atoms with Gasteiger partial charge in [-0.2, -0.15) is 0 Å². The molecule has 0 saturated carbocycles. The van der Waals surface area contributed by atoms with Crippen LogP contribution in [0.2, 0.25) is 5.02 Å². The van der Waals surface area contributed by atoms with Crippen LogP contribution in [-0.2, 0) is 29.2 Å². The number of imide groups is 1. The van der Waals surface area contributed by atoms with Crippen LogP contribution in [0, 0.1) is 0 Å². The number of rotatable bonds is 8. The molecule has 0 radical (unpaired) electrons. The number of amides is 3. The molecule has 0 aromatic heterocycles. The van der Waals surface area contributed by atoms with Gasteiger partial charge >= 0.3 is 0 Å². The van der Waals surface area contributed by atoms with Crippen LogP contribution in [0.15, 0.2) is 72.8 Å². The summed E-state index contributed by atoms with van der Waals surface area (Å²) < 4.78 is 6.64. The van der Waals surface area contributed by atoms with Crippen LogP contribution in [-0.4, -0.2) is 58.8 Å². The monoisotopic (exact) mass is 572 g/mol. The first-order valence-electron chi connectivity index (χ1n) is 14.1. The molecule has 0 bridgehead atoms. The number of fused-ring (bicyclic) bond motifs is 1. The van der Waals surface area contributed by atoms with Gasteiger partial charge in [-0.1, -0.05) is 60.1 Å². The molecular formula is C32H33ClN4O4. The Morgan fingerprint density at radius 1 is 0.976 bits per heavy atom. The molecule has 1 unspecified atom stereocenters. The van der Waals surface area contributed by atoms with E-state index in [9.17, 15) is 14.4 Å². The van der Waals surface area contributed by atoms with E-state index in [1.165, 1.54) is 5.56 Å². The minimum absolute atomic E-state index is 0.128. The molecule has 3 atom stereocenters. The van der Waals surface area contributed by atoms with Crippen molar-refractivity contribution in [2.24, 2.45) is 0 Å². The van der Waals surface area contributed by atoms with Crippen LogP contribution >= 0.6 is 11.6 Å². The van der Waals surface area contributed by atoms with Gasteiger partial charge in [-0.25, -0.2) is 0 Å². The Morgan fingerprint density at radius 3 is 2.59 bits per heavy atom. The summed E-state index contributed by atoms with van der Waals surface area (Å²) >= 11 is 6.46. The second-order valence-electron chi connectivity index (χ2n) is 11.0. The lowest BCUT2D eigenvalue weighted by Gasteiger charge is -2.39. The molecule has 0 aliphatic carbocycles. The quantitative estimate of drug-likeness (QED) is 0.398. The molecule has 3 aromatic rings. The Hall–Kier alpha value is -3.72. The minimum atomic E-state index is -0.639. The first-order chi connectivity index (χ1) is 19.9. The fourth-order valence-electron chi connectivity index (χ4n) is 5.99. The van der Waals surface area contributed by atoms with Crippen molar-refractivity contribution in [2.45, 2.75) is 57.1 Å². The van der Waals surface area contributed by atoms with Crippen molar-refractivity contribution in [1.82, 2.24) is 20.4 Å². The van der Waals surface area contributed by atoms with E-state index in [2.05, 4.69) is 33.7 Å². The number of likely N-dealkylation sites (tertiary alicyclic amines) is 1. The van der Waals surface area contributed by atoms with E-state index < -0.39 is 11.9 Å². The van der Waals surface area contributed by atoms with Gasteiger partial charge in [0.2, 0.25) is 11.8 Å². The average molecular weight is 573 g/mol. The molecule has 8 nitrogen and oxygen atoms in total. The second kappa shape index (κ2) is 12.0. The average Bonchev–Trinajstić information content (AvgIpc) is 3.29. The molecule has 9 heteroatoms. The van der Waals surface area contributed by atoms with Crippen molar-refractivity contribution in [1.29, 1.82) is 0 Å². The van der Waals surface area contributed by atoms with Crippen molar-refractivity contribution in [3.05, 3.63) is 100 Å². The summed E-state index contributed by atoms with van der Waals surface area (Å²) in [6.45, 7) is 3.43. The fourth-order valence-corrected chi connectivity index (χ4v) is 6.18. The van der Waals surface area contributed by atoms with Gasteiger partial charge in [0.15, 0.2) is 0 Å². The number of benzene rings is 3. The summed E-state index contributed by atoms with van der Waals surface area (Å²) in [5, 5.41) is 6.83. The topological polar surface area (TPSA) is 91.0 Å². The summed E-state index contributed by atoms with van der Waals surface area (Å²) in [6.07, 6.45) is 1.35. The van der Waals surface area contributed by atoms with Crippen molar-refractivity contribution in [3.8, 4) is 5.75 Å². The highest BCUT2D eigenvalue weighted by Gasteiger charge is 2.39. The third-order valence-corrected chi connectivity index (χ3v) is 8.56. The third-order valence-electron chi connectivity index (χ3n) is 8.19. The summed E-state index contributed by atoms with van der Waals surface area (Å²) in [6, 6.07) is 23.3. The molecule has 3 aliphatic heterocycles. The first kappa shape index (κ1) is 27.4. The van der Waals surface area contributed by atoms with Crippen LogP contribution in [0.25, 0.3) is 0 Å². The molecule has 41 heavy (non-hydrogen) atoms. The molecule has 2 saturated heterocycles. The Labute approximate surface area is 244 Å². The number of nitrogens with zero attached hydrogens (tertiary/aromatic N) is 2. The number of halogens is 1. The molecule has 3 aliphatic rings. The summed E-state index contributed by atoms with van der Waals surface area (Å²) in [4.78, 5) is 41.1. The Bertz CT molecular complexity index is 1450. The van der Waals surface area contributed by atoms with E-state index in [1.807, 2.05) is 48.5 Å². The van der Waals surface area contributed by atoms with Gasteiger partial charge in [0.1, 0.15) is 17.9 Å². The van der Waals surface area contributed by atoms with Crippen molar-refractivity contribution >= 4 is 29.3 Å². The summed E-state index contributed by atoms with van der Waals surface area (Å²) in [7, 11) is 0. The molecule has 3 amide bonds. The highest BCUT2D eigenvalue weighted by molar-refractivity contribution is 6.31. The number of hydrogen-bond donors (Lipinski definition) is 2. The van der Waals surface area contributed by atoms with Gasteiger partial charge in [0.05, 0.1) is 0 Å². The molecular weight excluding hydrogens is 540 g/mol. The SMILES string of the molecule is O=C1CCC(N2Cc3cc(O[C@@H]4CN(Cc5ccccc5Cl)CC[C@H]4NCc4ccccc4)ccc3C2=O)C(=O)N1. The van der Waals surface area contributed by atoms with E-state index in [1.54, 1.807) is 11.0 Å². The zero-order valence-electron chi connectivity index (χ0n) is 22.7. The predicted molar refractivity (Wildman–Crippen MR) is 155 cm³/mol. The predicted octanol–water partition coefficient (Wildman–Crippen LogP) is 3.91. The minimum Gasteiger partial charge on any atom is -0.487 e. The van der Waals surface area contributed by atoms with Crippen molar-refractivity contribution in [2.75, 3.05) is 13.1 Å². The molecule has 6 rings (SSSR count). The zero-order valence-corrected chi connectivity index (χ0v) is 23.5. The number of nitrogens with one attached hydrogen (secondary N) is 2. The smallest absolute Gasteiger partial charge is 0.255 e. The van der Waals surface area contributed by atoms with Crippen LogP contribution in [0.5, 0.6) is 5.75 Å². The lowest BCUT2D eigenvalue weighted by Crippen LogP contribution is -2.54. The van der Waals surface area contributed by atoms with E-state index in [4.69, 9.17) is 16.3 Å². The van der Waals surface area contributed by atoms with Gasteiger partial charge in [0.25, 0.3) is 5.91 Å². The van der Waals surface area contributed by atoms with Crippen LogP contribution in [0.1, 0.15) is 46.3 Å². The first-order valence-corrected chi connectivity index (χ1v) is 14.5. The highest BCUT2D eigenvalue weighted by atomic mass is 35.5. The van der Waals surface area contributed by atoms with E-state index in [0.29, 0.717) is 24.3 Å². The summed E-state index contributed by atoms with van der Waals surface area (Å²) in [5.41, 5.74) is 3.71. The van der Waals surface area contributed by atoms with Gasteiger partial charge < -0.3 is 15.0 Å². The number of carbonyl (C=O) groups is 3. The third kappa shape index (κ3) is 6.15. The van der Waals surface area contributed by atoms with Gasteiger partial charge in [-0.15, -0.1) is 0 Å². The molecule has 3 heterocycles. The highest BCUT2D eigenvalue weighted by Crippen LogP contribution is 2.31. The lowest BCUT2D eigenvalue weighted by atomic mass is 10.00. The lowest BCUT2D eigenvalue weighted by molar-refractivity contribution is -0.136. The maximum atomic E-state index is 13.1. The van der Waals surface area contributed by atoms with E-state index in [0.717, 1.165) is 48.7 Å². The van der Waals surface area contributed by atoms with Crippen LogP contribution < -0.4 is 15.4 Å². The maximum absolute atomic E-state index is 13.1. The molecule has 212 valence electrons. The number of hydrogen-bond acceptors (Lipinski definition) is 6. The fraction of sp³-hybridized carbons (Fsp3) is 0.344. The van der Waals surface area contributed by atoms with Crippen molar-refractivity contribution in [3.63, 3.8) is 0 Å². The van der Waals surface area contributed by atoms with Crippen LogP contribution in [0.3, 0.4) is 0 Å². The largest absolute Gasteiger partial charge is 0.487 e. The standard InChI is InChI=1S/C32H33ClN4O4/c33-26-9-5-4-8-22(26)18-36-15-14-27(34-17-21-6-2-1-3-7-21)29(20-36)41-24-10-11-25-23(16-24)19-37(32(25)40)28-12-13-30(38)35-31(28)39/h1-11,16,27-29,34H,12-15,17-20H2,(H,35,38,39)/t27-,28?,29-/m1/s1. The number of carbonyl (C=O) groups excluding carboxylic acids is 3. The van der Waals surface area contributed by atoms with Crippen molar-refractivity contribution < 1.29 is 19.1 Å². The molecule has 2 N–H and O–H groups in total. The zero-order chi connectivity index (χ0) is 28.3. The Balaban J connectivity index is 1.18. The normalized spacial score (nSPS) is 22.9. The molecule has 0 spiro atoms. The Morgan fingerprint density at radius 2 is 1.78 bits per heavy atom. The van der Waals surface area contributed by atoms with E-state index >= 15 is 0 Å². The second-order valence-corrected chi connectivity index (χ2v) is 11.4. The number of ether oxygens (including phenoxy) is 1. The van der Waals surface area contributed by atoms with Crippen LogP contribution in [0.4, 0.5) is 0 Å².